The van der Waals surface area contributed by atoms with Gasteiger partial charge in [-0.1, -0.05) is 0 Å². The van der Waals surface area contributed by atoms with Crippen molar-refractivity contribution in [3.05, 3.63) is 0 Å². The van der Waals surface area contributed by atoms with E-state index in [0.717, 1.165) is 19.6 Å². The third-order valence-electron chi connectivity index (χ3n) is 2.33. The van der Waals surface area contributed by atoms with E-state index in [9.17, 15) is 4.79 Å². The van der Waals surface area contributed by atoms with E-state index in [1.807, 2.05) is 0 Å². The molecule has 1 amide bonds. The molecular formula is C10H23N3O. The maximum Gasteiger partial charge on any atom is 0.221 e. The zero-order valence-electron chi connectivity index (χ0n) is 9.76. The third-order valence-corrected chi connectivity index (χ3v) is 2.33. The molecule has 0 saturated carbocycles. The number of carbonyl (C=O) groups is 1. The summed E-state index contributed by atoms with van der Waals surface area (Å²) in [5.74, 6) is 0.0923. The molecule has 0 aromatic heterocycles. The normalized spacial score (nSPS) is 11.0. The molecule has 0 aliphatic heterocycles. The van der Waals surface area contributed by atoms with E-state index in [1.54, 1.807) is 7.05 Å². The lowest BCUT2D eigenvalue weighted by molar-refractivity contribution is -0.120. The second kappa shape index (κ2) is 7.76. The molecule has 0 rings (SSSR count). The van der Waals surface area contributed by atoms with E-state index >= 15 is 0 Å². The van der Waals surface area contributed by atoms with Crippen LogP contribution in [0.1, 0.15) is 20.3 Å². The van der Waals surface area contributed by atoms with Gasteiger partial charge in [-0.3, -0.25) is 4.79 Å². The lowest BCUT2D eigenvalue weighted by Gasteiger charge is -2.20. The summed E-state index contributed by atoms with van der Waals surface area (Å²) in [4.78, 5) is 13.1. The molecule has 0 unspecified atom stereocenters. The van der Waals surface area contributed by atoms with Crippen LogP contribution in [0.2, 0.25) is 0 Å². The van der Waals surface area contributed by atoms with Gasteiger partial charge in [0.05, 0.1) is 0 Å². The van der Waals surface area contributed by atoms with Gasteiger partial charge in [-0.05, 0) is 20.9 Å². The molecule has 0 aromatic carbocycles. The van der Waals surface area contributed by atoms with Crippen LogP contribution >= 0.6 is 0 Å². The van der Waals surface area contributed by atoms with E-state index < -0.39 is 0 Å². The van der Waals surface area contributed by atoms with E-state index in [1.165, 1.54) is 0 Å². The van der Waals surface area contributed by atoms with Gasteiger partial charge in [0, 0.05) is 39.1 Å². The Morgan fingerprint density at radius 3 is 2.50 bits per heavy atom. The van der Waals surface area contributed by atoms with Crippen molar-refractivity contribution >= 4 is 5.91 Å². The Morgan fingerprint density at radius 2 is 2.00 bits per heavy atom. The first kappa shape index (κ1) is 13.4. The van der Waals surface area contributed by atoms with Crippen molar-refractivity contribution in [1.82, 2.24) is 15.5 Å². The van der Waals surface area contributed by atoms with Crippen molar-refractivity contribution in [2.24, 2.45) is 0 Å². The summed E-state index contributed by atoms with van der Waals surface area (Å²) in [7, 11) is 3.76. The first-order valence-corrected chi connectivity index (χ1v) is 5.19. The summed E-state index contributed by atoms with van der Waals surface area (Å²) in [6.45, 7) is 7.05. The van der Waals surface area contributed by atoms with Crippen LogP contribution in [0, 0.1) is 0 Å². The number of rotatable bonds is 7. The maximum absolute atomic E-state index is 10.9. The molecule has 2 N–H and O–H groups in total. The molecule has 0 fully saturated rings. The fourth-order valence-corrected chi connectivity index (χ4v) is 0.966. The van der Waals surface area contributed by atoms with Crippen LogP contribution in [0.5, 0.6) is 0 Å². The van der Waals surface area contributed by atoms with E-state index in [0.29, 0.717) is 12.5 Å². The van der Waals surface area contributed by atoms with Gasteiger partial charge in [-0.25, -0.2) is 0 Å². The highest BCUT2D eigenvalue weighted by molar-refractivity contribution is 5.75. The zero-order valence-corrected chi connectivity index (χ0v) is 9.76. The number of carbonyl (C=O) groups excluding carboxylic acids is 1. The van der Waals surface area contributed by atoms with Crippen molar-refractivity contribution in [2.75, 3.05) is 33.7 Å². The topological polar surface area (TPSA) is 44.4 Å². The van der Waals surface area contributed by atoms with Crippen LogP contribution < -0.4 is 10.6 Å². The van der Waals surface area contributed by atoms with Gasteiger partial charge in [0.1, 0.15) is 0 Å². The van der Waals surface area contributed by atoms with Crippen LogP contribution in [0.4, 0.5) is 0 Å². The molecule has 0 bridgehead atoms. The summed E-state index contributed by atoms with van der Waals surface area (Å²) >= 11 is 0. The van der Waals surface area contributed by atoms with Crippen molar-refractivity contribution in [3.63, 3.8) is 0 Å². The third kappa shape index (κ3) is 6.86. The highest BCUT2D eigenvalue weighted by atomic mass is 16.1. The largest absolute Gasteiger partial charge is 0.359 e. The van der Waals surface area contributed by atoms with Crippen molar-refractivity contribution in [2.45, 2.75) is 26.3 Å². The van der Waals surface area contributed by atoms with Gasteiger partial charge in [0.15, 0.2) is 0 Å². The molecule has 0 heterocycles. The predicted octanol–water partition coefficient (Wildman–Crippen LogP) is 0.0523. The summed E-state index contributed by atoms with van der Waals surface area (Å²) in [5.41, 5.74) is 0. The van der Waals surface area contributed by atoms with Gasteiger partial charge < -0.3 is 15.5 Å². The molecule has 14 heavy (non-hydrogen) atoms. The van der Waals surface area contributed by atoms with Gasteiger partial charge in [-0.2, -0.15) is 0 Å². The van der Waals surface area contributed by atoms with Crippen molar-refractivity contribution in [3.8, 4) is 0 Å². The standard InChI is InChI=1S/C10H23N3O/c1-9(2)13(4)8-7-12-6-5-10(14)11-3/h9,12H,5-8H2,1-4H3,(H,11,14). The second-order valence-corrected chi connectivity index (χ2v) is 3.75. The number of nitrogens with one attached hydrogen (secondary N) is 2. The average molecular weight is 201 g/mol. The first-order chi connectivity index (χ1) is 6.57. The quantitative estimate of drug-likeness (QED) is 0.572. The van der Waals surface area contributed by atoms with Crippen LogP contribution in [-0.2, 0) is 4.79 Å². The minimum Gasteiger partial charge on any atom is -0.359 e. The Labute approximate surface area is 87.0 Å². The fourth-order valence-electron chi connectivity index (χ4n) is 0.966. The van der Waals surface area contributed by atoms with E-state index in [4.69, 9.17) is 0 Å². The summed E-state index contributed by atoms with van der Waals surface area (Å²) in [5, 5.41) is 5.83. The summed E-state index contributed by atoms with van der Waals surface area (Å²) < 4.78 is 0. The molecule has 0 radical (unpaired) electrons. The van der Waals surface area contributed by atoms with Gasteiger partial charge >= 0.3 is 0 Å². The van der Waals surface area contributed by atoms with E-state index in [-0.39, 0.29) is 5.91 Å². The Morgan fingerprint density at radius 1 is 1.36 bits per heavy atom. The predicted molar refractivity (Wildman–Crippen MR) is 59.3 cm³/mol. The molecule has 0 spiro atoms. The average Bonchev–Trinajstić information content (AvgIpc) is 2.16. The Kier molecular flexibility index (Phi) is 7.42. The Hall–Kier alpha value is -0.610. The fraction of sp³-hybridized carbons (Fsp3) is 0.900. The molecule has 0 aliphatic carbocycles. The van der Waals surface area contributed by atoms with Gasteiger partial charge in [0.2, 0.25) is 5.91 Å². The molecular weight excluding hydrogens is 178 g/mol. The second-order valence-electron chi connectivity index (χ2n) is 3.75. The number of hydrogen-bond donors (Lipinski definition) is 2. The summed E-state index contributed by atoms with van der Waals surface area (Å²) in [6.07, 6.45) is 0.557. The monoisotopic (exact) mass is 201 g/mol. The number of hydrogen-bond acceptors (Lipinski definition) is 3. The smallest absolute Gasteiger partial charge is 0.221 e. The molecule has 0 aromatic rings. The SMILES string of the molecule is CNC(=O)CCNCCN(C)C(C)C. The first-order valence-electron chi connectivity index (χ1n) is 5.19. The minimum atomic E-state index is 0.0923. The lowest BCUT2D eigenvalue weighted by atomic mass is 10.3. The molecule has 0 aliphatic rings. The molecule has 4 heteroatoms. The molecule has 84 valence electrons. The molecule has 4 nitrogen and oxygen atoms in total. The van der Waals surface area contributed by atoms with Crippen LogP contribution in [-0.4, -0.2) is 50.6 Å². The summed E-state index contributed by atoms with van der Waals surface area (Å²) in [6, 6.07) is 0.579. The number of amides is 1. The minimum absolute atomic E-state index is 0.0923. The van der Waals surface area contributed by atoms with Crippen LogP contribution in [0.25, 0.3) is 0 Å². The lowest BCUT2D eigenvalue weighted by Crippen LogP contribution is -2.35. The maximum atomic E-state index is 10.9. The van der Waals surface area contributed by atoms with E-state index in [2.05, 4.69) is 36.4 Å². The van der Waals surface area contributed by atoms with Crippen molar-refractivity contribution < 1.29 is 4.79 Å². The zero-order chi connectivity index (χ0) is 11.0. The highest BCUT2D eigenvalue weighted by Gasteiger charge is 2.01. The Bertz CT molecular complexity index is 159. The van der Waals surface area contributed by atoms with Crippen molar-refractivity contribution in [1.29, 1.82) is 0 Å². The Balaban J connectivity index is 3.25. The number of likely N-dealkylation sites (N-methyl/N-ethyl adjacent to an activating group) is 1. The molecule has 0 atom stereocenters. The van der Waals surface area contributed by atoms with Gasteiger partial charge in [-0.15, -0.1) is 0 Å². The highest BCUT2D eigenvalue weighted by Crippen LogP contribution is 1.90. The van der Waals surface area contributed by atoms with Crippen LogP contribution in [0.3, 0.4) is 0 Å². The van der Waals surface area contributed by atoms with Gasteiger partial charge in [0.25, 0.3) is 0 Å². The van der Waals surface area contributed by atoms with Crippen LogP contribution in [0.15, 0.2) is 0 Å². The number of nitrogens with zero attached hydrogens (tertiary/aromatic N) is 1. The molecule has 0 saturated heterocycles.